The van der Waals surface area contributed by atoms with E-state index in [1.165, 1.54) is 11.8 Å². The first-order chi connectivity index (χ1) is 15.0. The topological polar surface area (TPSA) is 98.0 Å². The van der Waals surface area contributed by atoms with E-state index in [1.807, 2.05) is 36.6 Å². The van der Waals surface area contributed by atoms with Crippen molar-refractivity contribution in [3.63, 3.8) is 0 Å². The Bertz CT molecular complexity index is 1310. The fraction of sp³-hybridized carbons (Fsp3) is 0.130. The first-order valence-corrected chi connectivity index (χ1v) is 12.4. The predicted molar refractivity (Wildman–Crippen MR) is 126 cm³/mol. The van der Waals surface area contributed by atoms with Crippen molar-refractivity contribution in [3.05, 3.63) is 78.4 Å². The van der Waals surface area contributed by atoms with E-state index >= 15 is 0 Å². The van der Waals surface area contributed by atoms with Gasteiger partial charge in [-0.25, -0.2) is 18.4 Å². The standard InChI is InChI=1S/C23H22N4O2S2/c1-30-23-26-21-12-9-17(15-20(21)22(24)27-23)25-14-13-16-7-10-19(11-8-16)31(28,29)18-5-3-2-4-6-18/h2-12,15,25H,13-14H2,1H3,(H2,24,26,27). The van der Waals surface area contributed by atoms with E-state index in [4.69, 9.17) is 5.73 Å². The van der Waals surface area contributed by atoms with E-state index in [2.05, 4.69) is 15.3 Å². The van der Waals surface area contributed by atoms with Crippen molar-refractivity contribution in [1.82, 2.24) is 9.97 Å². The number of nitrogen functional groups attached to an aromatic ring is 1. The zero-order valence-corrected chi connectivity index (χ0v) is 18.6. The molecule has 0 spiro atoms. The number of thioether (sulfide) groups is 1. The number of nitrogens with one attached hydrogen (secondary N) is 1. The molecule has 0 unspecified atom stereocenters. The number of fused-ring (bicyclic) bond motifs is 1. The maximum atomic E-state index is 12.7. The molecule has 0 fully saturated rings. The number of aromatic nitrogens is 2. The monoisotopic (exact) mass is 450 g/mol. The largest absolute Gasteiger partial charge is 0.385 e. The van der Waals surface area contributed by atoms with Crippen LogP contribution in [0.4, 0.5) is 11.5 Å². The van der Waals surface area contributed by atoms with Crippen molar-refractivity contribution in [1.29, 1.82) is 0 Å². The van der Waals surface area contributed by atoms with E-state index < -0.39 is 9.84 Å². The van der Waals surface area contributed by atoms with Gasteiger partial charge in [0, 0.05) is 17.6 Å². The SMILES string of the molecule is CSc1nc(N)c2cc(NCCc3ccc(S(=O)(=O)c4ccccc4)cc3)ccc2n1. The predicted octanol–water partition coefficient (Wildman–Crippen LogP) is 4.42. The summed E-state index contributed by atoms with van der Waals surface area (Å²) in [5, 5.41) is 4.85. The number of hydrogen-bond donors (Lipinski definition) is 2. The van der Waals surface area contributed by atoms with Crippen LogP contribution >= 0.6 is 11.8 Å². The zero-order chi connectivity index (χ0) is 21.8. The summed E-state index contributed by atoms with van der Waals surface area (Å²) in [4.78, 5) is 9.36. The molecule has 0 amide bonds. The van der Waals surface area contributed by atoms with Crippen molar-refractivity contribution in [3.8, 4) is 0 Å². The highest BCUT2D eigenvalue weighted by Gasteiger charge is 2.16. The maximum Gasteiger partial charge on any atom is 0.206 e. The molecular formula is C23H22N4O2S2. The number of hydrogen-bond acceptors (Lipinski definition) is 7. The lowest BCUT2D eigenvalue weighted by molar-refractivity contribution is 0.596. The Morgan fingerprint density at radius 1 is 0.935 bits per heavy atom. The number of nitrogens with zero attached hydrogens (tertiary/aromatic N) is 2. The van der Waals surface area contributed by atoms with E-state index in [1.54, 1.807) is 42.5 Å². The molecule has 3 N–H and O–H groups in total. The fourth-order valence-electron chi connectivity index (χ4n) is 3.25. The molecule has 0 saturated carbocycles. The summed E-state index contributed by atoms with van der Waals surface area (Å²) in [5.74, 6) is 0.466. The van der Waals surface area contributed by atoms with Crippen LogP contribution in [-0.4, -0.2) is 31.2 Å². The Hall–Kier alpha value is -3.10. The van der Waals surface area contributed by atoms with Crippen LogP contribution in [0.2, 0.25) is 0 Å². The minimum absolute atomic E-state index is 0.296. The third kappa shape index (κ3) is 4.65. The second-order valence-electron chi connectivity index (χ2n) is 6.96. The van der Waals surface area contributed by atoms with E-state index in [9.17, 15) is 8.42 Å². The van der Waals surface area contributed by atoms with Gasteiger partial charge in [0.1, 0.15) is 5.82 Å². The molecule has 4 rings (SSSR count). The second-order valence-corrected chi connectivity index (χ2v) is 9.69. The van der Waals surface area contributed by atoms with Crippen LogP contribution < -0.4 is 11.1 Å². The van der Waals surface area contributed by atoms with E-state index in [0.717, 1.165) is 28.6 Å². The lowest BCUT2D eigenvalue weighted by Gasteiger charge is -2.10. The minimum Gasteiger partial charge on any atom is -0.385 e. The molecule has 4 aromatic rings. The highest BCUT2D eigenvalue weighted by molar-refractivity contribution is 7.98. The molecule has 158 valence electrons. The van der Waals surface area contributed by atoms with Crippen LogP contribution in [0.5, 0.6) is 0 Å². The number of nitrogens with two attached hydrogens (primary N) is 1. The first-order valence-electron chi connectivity index (χ1n) is 9.71. The van der Waals surface area contributed by atoms with Crippen LogP contribution in [0, 0.1) is 0 Å². The molecule has 0 bridgehead atoms. The van der Waals surface area contributed by atoms with Gasteiger partial charge in [0.15, 0.2) is 5.16 Å². The Balaban J connectivity index is 1.42. The van der Waals surface area contributed by atoms with E-state index in [-0.39, 0.29) is 0 Å². The fourth-order valence-corrected chi connectivity index (χ4v) is 4.91. The molecule has 0 radical (unpaired) electrons. The molecular weight excluding hydrogens is 428 g/mol. The van der Waals surface area contributed by atoms with E-state index in [0.29, 0.717) is 27.3 Å². The van der Waals surface area contributed by atoms with Crippen LogP contribution in [0.15, 0.2) is 87.7 Å². The van der Waals surface area contributed by atoms with Gasteiger partial charge >= 0.3 is 0 Å². The number of anilines is 2. The molecule has 0 atom stereocenters. The summed E-state index contributed by atoms with van der Waals surface area (Å²) in [6.45, 7) is 0.694. The van der Waals surface area contributed by atoms with Crippen LogP contribution in [-0.2, 0) is 16.3 Å². The third-order valence-corrected chi connectivity index (χ3v) is 7.25. The van der Waals surface area contributed by atoms with Gasteiger partial charge in [0.25, 0.3) is 0 Å². The average Bonchev–Trinajstić information content (AvgIpc) is 2.80. The van der Waals surface area contributed by atoms with Crippen molar-refractivity contribution >= 4 is 44.0 Å². The molecule has 31 heavy (non-hydrogen) atoms. The minimum atomic E-state index is -3.49. The summed E-state index contributed by atoms with van der Waals surface area (Å²) in [6.07, 6.45) is 2.67. The van der Waals surface area contributed by atoms with Gasteiger partial charge in [0.2, 0.25) is 9.84 Å². The molecule has 1 heterocycles. The Labute approximate surface area is 185 Å². The summed E-state index contributed by atoms with van der Waals surface area (Å²) in [7, 11) is -3.49. The third-order valence-electron chi connectivity index (χ3n) is 4.92. The number of rotatable bonds is 7. The highest BCUT2D eigenvalue weighted by Crippen LogP contribution is 2.25. The summed E-state index contributed by atoms with van der Waals surface area (Å²) in [5.41, 5.74) is 8.87. The van der Waals surface area contributed by atoms with Gasteiger partial charge in [-0.1, -0.05) is 42.1 Å². The van der Waals surface area contributed by atoms with Crippen molar-refractivity contribution in [2.24, 2.45) is 0 Å². The van der Waals surface area contributed by atoms with Gasteiger partial charge in [-0.3, -0.25) is 0 Å². The normalized spacial score (nSPS) is 11.5. The van der Waals surface area contributed by atoms with Gasteiger partial charge < -0.3 is 11.1 Å². The smallest absolute Gasteiger partial charge is 0.206 e. The van der Waals surface area contributed by atoms with Crippen LogP contribution in [0.3, 0.4) is 0 Å². The molecule has 1 aromatic heterocycles. The Morgan fingerprint density at radius 3 is 2.35 bits per heavy atom. The first kappa shape index (κ1) is 21.1. The Kier molecular flexibility index (Phi) is 6.11. The van der Waals surface area contributed by atoms with Crippen LogP contribution in [0.25, 0.3) is 10.9 Å². The maximum absolute atomic E-state index is 12.7. The number of benzene rings is 3. The van der Waals surface area contributed by atoms with Crippen molar-refractivity contribution in [2.75, 3.05) is 23.9 Å². The van der Waals surface area contributed by atoms with Crippen molar-refractivity contribution < 1.29 is 8.42 Å². The van der Waals surface area contributed by atoms with Gasteiger partial charge in [0.05, 0.1) is 15.3 Å². The molecule has 8 heteroatoms. The van der Waals surface area contributed by atoms with Gasteiger partial charge in [-0.15, -0.1) is 0 Å². The highest BCUT2D eigenvalue weighted by atomic mass is 32.2. The molecule has 0 aliphatic carbocycles. The zero-order valence-electron chi connectivity index (χ0n) is 16.9. The second kappa shape index (κ2) is 8.95. The van der Waals surface area contributed by atoms with Crippen LogP contribution in [0.1, 0.15) is 5.56 Å². The number of sulfone groups is 1. The van der Waals surface area contributed by atoms with Crippen molar-refractivity contribution in [2.45, 2.75) is 21.4 Å². The molecule has 3 aromatic carbocycles. The molecule has 0 saturated heterocycles. The quantitative estimate of drug-likeness (QED) is 0.318. The Morgan fingerprint density at radius 2 is 1.65 bits per heavy atom. The van der Waals surface area contributed by atoms with Gasteiger partial charge in [-0.05, 0) is 60.7 Å². The van der Waals surface area contributed by atoms with Gasteiger partial charge in [-0.2, -0.15) is 0 Å². The summed E-state index contributed by atoms with van der Waals surface area (Å²) in [6, 6.07) is 21.3. The average molecular weight is 451 g/mol. The molecule has 0 aliphatic rings. The summed E-state index contributed by atoms with van der Waals surface area (Å²) >= 11 is 1.46. The lowest BCUT2D eigenvalue weighted by atomic mass is 10.1. The molecule has 6 nitrogen and oxygen atoms in total. The summed E-state index contributed by atoms with van der Waals surface area (Å²) < 4.78 is 25.4. The molecule has 0 aliphatic heterocycles. The lowest BCUT2D eigenvalue weighted by Crippen LogP contribution is -2.06.